The Balaban J connectivity index is 1.33. The molecule has 0 atom stereocenters. The normalized spacial score (nSPS) is 16.2. The topological polar surface area (TPSA) is 65.8 Å². The molecule has 2 aliphatic heterocycles. The Morgan fingerprint density at radius 3 is 2.89 bits per heavy atom. The maximum Gasteiger partial charge on any atom is 0.231 e. The van der Waals surface area contributed by atoms with Gasteiger partial charge in [-0.2, -0.15) is 0 Å². The van der Waals surface area contributed by atoms with Gasteiger partial charge in [0.2, 0.25) is 5.78 Å². The van der Waals surface area contributed by atoms with E-state index in [1.807, 2.05) is 73.4 Å². The molecular weight excluding hydrogens is 442 g/mol. The number of ether oxygens (including phenoxy) is 3. The number of carbonyl (C=O) groups is 1. The van der Waals surface area contributed by atoms with Crippen molar-refractivity contribution >= 4 is 22.8 Å². The fourth-order valence-electron chi connectivity index (χ4n) is 4.93. The highest BCUT2D eigenvalue weighted by Crippen LogP contribution is 2.43. The fraction of sp³-hybridized carbons (Fsp3) is 0.214. The van der Waals surface area contributed by atoms with Gasteiger partial charge in [0.05, 0.1) is 12.7 Å². The SMILES string of the molecule is COc1ccc2c(c1)c(/C=C1\Oc3c(cc4c(c3C)OCN(Cc3cccnc3)C4)C1=O)cn2C. The molecule has 2 aromatic carbocycles. The van der Waals surface area contributed by atoms with Crippen LogP contribution in [0.4, 0.5) is 0 Å². The minimum absolute atomic E-state index is 0.116. The Hall–Kier alpha value is -4.10. The minimum Gasteiger partial charge on any atom is -0.497 e. The van der Waals surface area contributed by atoms with Crippen molar-refractivity contribution in [1.82, 2.24) is 14.5 Å². The Labute approximate surface area is 203 Å². The highest BCUT2D eigenvalue weighted by molar-refractivity contribution is 6.15. The standard InChI is InChI=1S/C28H25N3O4/c1-17-27-20(15-31(16-34-27)13-18-5-4-8-29-12-18)9-23-26(32)25(35-28(17)23)10-19-14-30(2)24-7-6-21(33-3)11-22(19)24/h4-12,14H,13,15-16H2,1-3H3/b25-10-. The van der Waals surface area contributed by atoms with Crippen molar-refractivity contribution in [2.45, 2.75) is 20.0 Å². The van der Waals surface area contributed by atoms with Gasteiger partial charge in [-0.05, 0) is 48.9 Å². The molecule has 35 heavy (non-hydrogen) atoms. The highest BCUT2D eigenvalue weighted by Gasteiger charge is 2.33. The van der Waals surface area contributed by atoms with Gasteiger partial charge in [-0.1, -0.05) is 6.07 Å². The molecule has 0 unspecified atom stereocenters. The average Bonchev–Trinajstić information content (AvgIpc) is 3.36. The van der Waals surface area contributed by atoms with Crippen molar-refractivity contribution in [3.05, 3.63) is 88.6 Å². The van der Waals surface area contributed by atoms with Crippen LogP contribution in [-0.4, -0.2) is 34.1 Å². The first kappa shape index (κ1) is 21.4. The van der Waals surface area contributed by atoms with Crippen LogP contribution in [0.3, 0.4) is 0 Å². The lowest BCUT2D eigenvalue weighted by Gasteiger charge is -2.30. The molecule has 4 heterocycles. The summed E-state index contributed by atoms with van der Waals surface area (Å²) in [6, 6.07) is 11.8. The van der Waals surface area contributed by atoms with E-state index in [9.17, 15) is 4.79 Å². The van der Waals surface area contributed by atoms with Gasteiger partial charge in [-0.15, -0.1) is 0 Å². The molecule has 0 spiro atoms. The summed E-state index contributed by atoms with van der Waals surface area (Å²) in [5, 5.41) is 0.997. The van der Waals surface area contributed by atoms with Gasteiger partial charge in [0.25, 0.3) is 0 Å². The molecule has 176 valence electrons. The zero-order valence-electron chi connectivity index (χ0n) is 19.9. The number of aryl methyl sites for hydroxylation is 1. The Bertz CT molecular complexity index is 1500. The summed E-state index contributed by atoms with van der Waals surface area (Å²) in [7, 11) is 3.63. The van der Waals surface area contributed by atoms with Crippen molar-refractivity contribution in [3.8, 4) is 17.2 Å². The largest absolute Gasteiger partial charge is 0.497 e. The molecule has 0 N–H and O–H groups in total. The molecule has 2 aromatic heterocycles. The van der Waals surface area contributed by atoms with E-state index in [2.05, 4.69) is 9.88 Å². The van der Waals surface area contributed by atoms with Crippen molar-refractivity contribution in [2.75, 3.05) is 13.8 Å². The third kappa shape index (κ3) is 3.65. The summed E-state index contributed by atoms with van der Waals surface area (Å²) in [6.45, 7) is 3.83. The zero-order chi connectivity index (χ0) is 24.1. The number of pyridine rings is 1. The van der Waals surface area contributed by atoms with Gasteiger partial charge in [0.1, 0.15) is 24.0 Å². The second kappa shape index (κ2) is 8.29. The van der Waals surface area contributed by atoms with E-state index >= 15 is 0 Å². The van der Waals surface area contributed by atoms with Crippen LogP contribution in [0.15, 0.2) is 60.7 Å². The van der Waals surface area contributed by atoms with Gasteiger partial charge in [-0.25, -0.2) is 0 Å². The molecule has 4 aromatic rings. The summed E-state index contributed by atoms with van der Waals surface area (Å²) in [5.74, 6) is 2.35. The van der Waals surface area contributed by atoms with Crippen LogP contribution >= 0.6 is 0 Å². The molecule has 7 nitrogen and oxygen atoms in total. The van der Waals surface area contributed by atoms with Crippen LogP contribution < -0.4 is 14.2 Å². The summed E-state index contributed by atoms with van der Waals surface area (Å²) in [6.07, 6.45) is 7.44. The van der Waals surface area contributed by atoms with Crippen LogP contribution in [0.25, 0.3) is 17.0 Å². The Morgan fingerprint density at radius 2 is 2.09 bits per heavy atom. The predicted octanol–water partition coefficient (Wildman–Crippen LogP) is 4.86. The highest BCUT2D eigenvalue weighted by atomic mass is 16.5. The van der Waals surface area contributed by atoms with E-state index in [0.717, 1.165) is 51.2 Å². The van der Waals surface area contributed by atoms with Crippen LogP contribution in [-0.2, 0) is 20.1 Å². The van der Waals surface area contributed by atoms with Gasteiger partial charge >= 0.3 is 0 Å². The molecule has 0 aliphatic carbocycles. The van der Waals surface area contributed by atoms with Crippen molar-refractivity contribution in [2.24, 2.45) is 7.05 Å². The molecular formula is C28H25N3O4. The molecule has 0 radical (unpaired) electrons. The smallest absolute Gasteiger partial charge is 0.231 e. The maximum absolute atomic E-state index is 13.4. The molecule has 7 heteroatoms. The van der Waals surface area contributed by atoms with Crippen LogP contribution in [0.2, 0.25) is 0 Å². The number of nitrogens with zero attached hydrogens (tertiary/aromatic N) is 3. The van der Waals surface area contributed by atoms with E-state index in [0.29, 0.717) is 30.3 Å². The third-order valence-corrected chi connectivity index (χ3v) is 6.64. The van der Waals surface area contributed by atoms with Crippen LogP contribution in [0, 0.1) is 6.92 Å². The van der Waals surface area contributed by atoms with Gasteiger partial charge < -0.3 is 18.8 Å². The summed E-state index contributed by atoms with van der Waals surface area (Å²) in [5.41, 5.74) is 5.50. The van der Waals surface area contributed by atoms with Crippen molar-refractivity contribution < 1.29 is 19.0 Å². The Kier molecular flexibility index (Phi) is 5.07. The van der Waals surface area contributed by atoms with Gasteiger partial charge in [-0.3, -0.25) is 14.7 Å². The first-order valence-corrected chi connectivity index (χ1v) is 11.5. The number of aromatic nitrogens is 2. The number of fused-ring (bicyclic) bond motifs is 3. The lowest BCUT2D eigenvalue weighted by Crippen LogP contribution is -2.32. The number of allylic oxidation sites excluding steroid dienone is 1. The fourth-order valence-corrected chi connectivity index (χ4v) is 4.93. The van der Waals surface area contributed by atoms with Crippen molar-refractivity contribution in [1.29, 1.82) is 0 Å². The lowest BCUT2D eigenvalue weighted by molar-refractivity contribution is 0.0876. The summed E-state index contributed by atoms with van der Waals surface area (Å²) in [4.78, 5) is 19.8. The van der Waals surface area contributed by atoms with E-state index in [1.54, 1.807) is 13.3 Å². The number of hydrogen-bond donors (Lipinski definition) is 0. The lowest BCUT2D eigenvalue weighted by atomic mass is 10.00. The molecule has 0 bridgehead atoms. The number of ketones is 1. The van der Waals surface area contributed by atoms with Crippen LogP contribution in [0.1, 0.15) is 32.6 Å². The summed E-state index contributed by atoms with van der Waals surface area (Å²) < 4.78 is 19.7. The molecule has 0 saturated carbocycles. The van der Waals surface area contributed by atoms with E-state index < -0.39 is 0 Å². The molecule has 0 amide bonds. The molecule has 2 aliphatic rings. The zero-order valence-corrected chi connectivity index (χ0v) is 19.9. The number of rotatable bonds is 4. The number of methoxy groups -OCH3 is 1. The number of benzene rings is 2. The first-order chi connectivity index (χ1) is 17.0. The number of carbonyl (C=O) groups excluding carboxylic acids is 1. The minimum atomic E-state index is -0.116. The predicted molar refractivity (Wildman–Crippen MR) is 133 cm³/mol. The van der Waals surface area contributed by atoms with Gasteiger partial charge in [0.15, 0.2) is 5.76 Å². The summed E-state index contributed by atoms with van der Waals surface area (Å²) >= 11 is 0. The van der Waals surface area contributed by atoms with E-state index in [1.165, 1.54) is 0 Å². The monoisotopic (exact) mass is 467 g/mol. The molecule has 0 saturated heterocycles. The van der Waals surface area contributed by atoms with Crippen LogP contribution in [0.5, 0.6) is 17.2 Å². The second-order valence-electron chi connectivity index (χ2n) is 9.01. The Morgan fingerprint density at radius 1 is 1.20 bits per heavy atom. The molecule has 0 fully saturated rings. The number of Topliss-reactive ketones (excluding diaryl/α,β-unsaturated/α-hetero) is 1. The third-order valence-electron chi connectivity index (χ3n) is 6.64. The molecule has 6 rings (SSSR count). The van der Waals surface area contributed by atoms with Gasteiger partial charge in [0, 0.05) is 66.3 Å². The first-order valence-electron chi connectivity index (χ1n) is 11.5. The van der Waals surface area contributed by atoms with E-state index in [4.69, 9.17) is 14.2 Å². The van der Waals surface area contributed by atoms with E-state index in [-0.39, 0.29) is 5.78 Å². The average molecular weight is 468 g/mol. The second-order valence-corrected chi connectivity index (χ2v) is 9.01. The van der Waals surface area contributed by atoms with Crippen molar-refractivity contribution in [3.63, 3.8) is 0 Å². The number of hydrogen-bond acceptors (Lipinski definition) is 6. The maximum atomic E-state index is 13.4. The quantitative estimate of drug-likeness (QED) is 0.400.